The fourth-order valence-corrected chi connectivity index (χ4v) is 8.19. The van der Waals surface area contributed by atoms with E-state index in [1.807, 2.05) is 0 Å². The summed E-state index contributed by atoms with van der Waals surface area (Å²) in [6, 6.07) is 0. The Labute approximate surface area is 453 Å². The highest BCUT2D eigenvalue weighted by atomic mass is 16.7. The van der Waals surface area contributed by atoms with E-state index < -0.39 is 67.3 Å². The molecule has 0 aliphatic carbocycles. The van der Waals surface area contributed by atoms with E-state index in [0.717, 1.165) is 109 Å². The zero-order chi connectivity index (χ0) is 54.7. The molecule has 1 fully saturated rings. The van der Waals surface area contributed by atoms with Crippen LogP contribution in [0.5, 0.6) is 0 Å². The van der Waals surface area contributed by atoms with Crippen molar-refractivity contribution in [3.63, 3.8) is 0 Å². The first-order chi connectivity index (χ1) is 36.6. The monoisotopic (exact) mass is 1050 g/mol. The Morgan fingerprint density at radius 1 is 0.453 bits per heavy atom. The number of carbonyl (C=O) groups is 4. The maximum Gasteiger partial charge on any atom is 0.335 e. The van der Waals surface area contributed by atoms with Gasteiger partial charge in [0.15, 0.2) is 24.6 Å². The van der Waals surface area contributed by atoms with E-state index in [2.05, 4.69) is 118 Å². The number of allylic oxidation sites excluding steroid dienone is 16. The number of aliphatic hydroxyl groups excluding tert-OH is 2. The first-order valence-electron chi connectivity index (χ1n) is 29.2. The lowest BCUT2D eigenvalue weighted by atomic mass is 9.98. The third-order valence-corrected chi connectivity index (χ3v) is 12.6. The molecule has 0 saturated carbocycles. The number of carboxylic acid groups (broad SMARTS) is 1. The van der Waals surface area contributed by atoms with Gasteiger partial charge in [-0.15, -0.1) is 0 Å². The first kappa shape index (κ1) is 68.7. The van der Waals surface area contributed by atoms with E-state index >= 15 is 0 Å². The van der Waals surface area contributed by atoms with Gasteiger partial charge in [0.25, 0.3) is 0 Å². The van der Waals surface area contributed by atoms with Crippen LogP contribution in [0.2, 0.25) is 0 Å². The van der Waals surface area contributed by atoms with Crippen LogP contribution in [0.15, 0.2) is 97.2 Å². The minimum absolute atomic E-state index is 0.0157. The van der Waals surface area contributed by atoms with Crippen LogP contribution < -0.4 is 0 Å². The molecule has 0 amide bonds. The summed E-state index contributed by atoms with van der Waals surface area (Å²) in [6.07, 6.45) is 53.9. The number of hydrogen-bond donors (Lipinski definition) is 3. The summed E-state index contributed by atoms with van der Waals surface area (Å²) in [5.41, 5.74) is 0. The number of carboxylic acids is 1. The highest BCUT2D eigenvalue weighted by molar-refractivity contribution is 5.74. The number of unbranched alkanes of at least 4 members (excludes halogenated alkanes) is 18. The topological polar surface area (TPSA) is 175 Å². The third kappa shape index (κ3) is 40.6. The molecule has 1 rings (SSSR count). The van der Waals surface area contributed by atoms with Gasteiger partial charge in [-0.3, -0.25) is 14.4 Å². The number of hydrogen-bond acceptors (Lipinski definition) is 11. The molecule has 0 aromatic heterocycles. The Morgan fingerprint density at radius 2 is 0.840 bits per heavy atom. The Hall–Kier alpha value is -4.36. The number of ether oxygens (including phenoxy) is 5. The van der Waals surface area contributed by atoms with Gasteiger partial charge >= 0.3 is 23.9 Å². The Morgan fingerprint density at radius 3 is 1.33 bits per heavy atom. The summed E-state index contributed by atoms with van der Waals surface area (Å²) < 4.78 is 28.3. The molecule has 1 aliphatic heterocycles. The predicted molar refractivity (Wildman–Crippen MR) is 303 cm³/mol. The molecule has 0 aromatic carbocycles. The second kappa shape index (κ2) is 50.5. The summed E-state index contributed by atoms with van der Waals surface area (Å²) in [6.45, 7) is 5.70. The zero-order valence-corrected chi connectivity index (χ0v) is 46.8. The summed E-state index contributed by atoms with van der Waals surface area (Å²) in [4.78, 5) is 51.1. The average Bonchev–Trinajstić information content (AvgIpc) is 3.39. The molecule has 12 heteroatoms. The van der Waals surface area contributed by atoms with Crippen molar-refractivity contribution in [3.05, 3.63) is 97.2 Å². The lowest BCUT2D eigenvalue weighted by molar-refractivity contribution is -0.301. The largest absolute Gasteiger partial charge is 0.479 e. The lowest BCUT2D eigenvalue weighted by Gasteiger charge is -2.40. The first-order valence-corrected chi connectivity index (χ1v) is 29.2. The van der Waals surface area contributed by atoms with E-state index in [9.17, 15) is 34.5 Å². The van der Waals surface area contributed by atoms with Crippen LogP contribution in [0.3, 0.4) is 0 Å². The van der Waals surface area contributed by atoms with Crippen molar-refractivity contribution in [1.29, 1.82) is 0 Å². The van der Waals surface area contributed by atoms with Gasteiger partial charge in [-0.25, -0.2) is 4.79 Å². The van der Waals surface area contributed by atoms with Crippen molar-refractivity contribution in [3.8, 4) is 0 Å². The summed E-state index contributed by atoms with van der Waals surface area (Å²) in [7, 11) is 0. The van der Waals surface area contributed by atoms with Gasteiger partial charge in [0, 0.05) is 19.3 Å². The summed E-state index contributed by atoms with van der Waals surface area (Å²) in [5.74, 6) is -3.23. The van der Waals surface area contributed by atoms with Gasteiger partial charge in [-0.1, -0.05) is 189 Å². The van der Waals surface area contributed by atoms with Gasteiger partial charge in [-0.2, -0.15) is 0 Å². The van der Waals surface area contributed by atoms with E-state index in [-0.39, 0.29) is 25.9 Å². The molecule has 6 unspecified atom stereocenters. The normalized spacial score (nSPS) is 18.9. The number of rotatable bonds is 48. The second-order valence-electron chi connectivity index (χ2n) is 19.5. The van der Waals surface area contributed by atoms with Crippen molar-refractivity contribution in [1.82, 2.24) is 0 Å². The highest BCUT2D eigenvalue weighted by Crippen LogP contribution is 2.26. The fourth-order valence-electron chi connectivity index (χ4n) is 8.19. The van der Waals surface area contributed by atoms with Crippen LogP contribution in [0.25, 0.3) is 0 Å². The van der Waals surface area contributed by atoms with Crippen molar-refractivity contribution >= 4 is 23.9 Å². The maximum atomic E-state index is 13.1. The molecular weight excluding hydrogens is 949 g/mol. The molecule has 75 heavy (non-hydrogen) atoms. The van der Waals surface area contributed by atoms with E-state index in [4.69, 9.17) is 23.7 Å². The lowest BCUT2D eigenvalue weighted by Crippen LogP contribution is -2.61. The van der Waals surface area contributed by atoms with Crippen LogP contribution in [-0.4, -0.2) is 89.2 Å². The molecule has 1 saturated heterocycles. The average molecular weight is 1050 g/mol. The Kier molecular flexibility index (Phi) is 46.2. The molecule has 1 aliphatic rings. The van der Waals surface area contributed by atoms with E-state index in [0.29, 0.717) is 19.3 Å². The van der Waals surface area contributed by atoms with Gasteiger partial charge in [0.2, 0.25) is 0 Å². The molecule has 1 heterocycles. The molecule has 12 nitrogen and oxygen atoms in total. The summed E-state index contributed by atoms with van der Waals surface area (Å²) in [5, 5.41) is 31.4. The predicted octanol–water partition coefficient (Wildman–Crippen LogP) is 14.9. The minimum Gasteiger partial charge on any atom is -0.479 e. The van der Waals surface area contributed by atoms with Gasteiger partial charge in [0.1, 0.15) is 18.8 Å². The fraction of sp³-hybridized carbons (Fsp3) is 0.683. The van der Waals surface area contributed by atoms with E-state index in [1.54, 1.807) is 0 Å². The van der Waals surface area contributed by atoms with Crippen molar-refractivity contribution in [2.75, 3.05) is 13.2 Å². The molecule has 6 atom stereocenters. The summed E-state index contributed by atoms with van der Waals surface area (Å²) >= 11 is 0. The smallest absolute Gasteiger partial charge is 0.335 e. The number of carbonyl (C=O) groups excluding carboxylic acids is 3. The molecule has 0 spiro atoms. The second-order valence-corrected chi connectivity index (χ2v) is 19.5. The maximum absolute atomic E-state index is 13.1. The van der Waals surface area contributed by atoms with Crippen LogP contribution in [0, 0.1) is 0 Å². The van der Waals surface area contributed by atoms with Crippen LogP contribution in [0.1, 0.15) is 226 Å². The molecule has 3 N–H and O–H groups in total. The van der Waals surface area contributed by atoms with Crippen LogP contribution >= 0.6 is 0 Å². The molecule has 426 valence electrons. The van der Waals surface area contributed by atoms with Crippen molar-refractivity contribution in [2.45, 2.75) is 263 Å². The Balaban J connectivity index is 2.74. The van der Waals surface area contributed by atoms with Gasteiger partial charge < -0.3 is 39.0 Å². The van der Waals surface area contributed by atoms with E-state index in [1.165, 1.54) is 57.8 Å². The third-order valence-electron chi connectivity index (χ3n) is 12.6. The number of aliphatic hydroxyl groups is 2. The highest BCUT2D eigenvalue weighted by Gasteiger charge is 2.50. The molecular formula is C63H102O12. The molecule has 0 aromatic rings. The van der Waals surface area contributed by atoms with Crippen LogP contribution in [0.4, 0.5) is 0 Å². The van der Waals surface area contributed by atoms with Crippen molar-refractivity contribution in [2.24, 2.45) is 0 Å². The van der Waals surface area contributed by atoms with Crippen molar-refractivity contribution < 1.29 is 58.2 Å². The number of esters is 3. The standard InChI is InChI=1S/C63H102O12/c1-4-7-10-13-16-19-22-25-27-28-30-32-34-37-40-43-46-49-55(64)71-52-54(73-56(65)50-47-44-41-38-36-33-29-26-23-20-17-14-11-8-5-2)53-72-63-61(59(68)58(67)60(75-63)62(69)70)74-57(66)51-48-45-42-39-35-31-24-21-18-15-12-9-6-3/h8-9,11-12,17-18,20-21,25-27,29,31,35-36,38,54,58-61,63,67-68H,4-7,10,13-16,19,22-24,28,30,32-34,37,39-53H2,1-3H3,(H,69,70)/b11-8-,12-9-,20-17-,21-18-,27-25-,29-26-,35-31-,38-36-. The quantitative estimate of drug-likeness (QED) is 0.0228. The molecule has 0 radical (unpaired) electrons. The van der Waals surface area contributed by atoms with Gasteiger partial charge in [0.05, 0.1) is 6.61 Å². The minimum atomic E-state index is -1.92. The van der Waals surface area contributed by atoms with Gasteiger partial charge in [-0.05, 0) is 116 Å². The Bertz CT molecular complexity index is 1670. The zero-order valence-electron chi connectivity index (χ0n) is 46.8. The molecule has 0 bridgehead atoms. The number of aliphatic carboxylic acids is 1. The van der Waals surface area contributed by atoms with Crippen LogP contribution in [-0.2, 0) is 42.9 Å². The SMILES string of the molecule is CC/C=C\C/C=C\C/C=C\C/C=C\CCCCC(=O)OC(COC(=O)CCCCCCCCC/C=C\CCCCCCCC)COC1OC(C(=O)O)C(O)C(O)C1OC(=O)CCCCC/C=C\C/C=C\C/C=C\CC.